The molecule has 2 N–H and O–H groups in total. The third kappa shape index (κ3) is 2.18. The van der Waals surface area contributed by atoms with Crippen LogP contribution in [0, 0.1) is 6.92 Å². The Bertz CT molecular complexity index is 307. The maximum Gasteiger partial charge on any atom is 0.109 e. The molecule has 1 aromatic rings. The quantitative estimate of drug-likeness (QED) is 0.786. The molecule has 0 spiro atoms. The molecule has 0 fully saturated rings. The standard InChI is InChI=1S/C12H21NO/c1-6-10(13)9-7-11(12(3,4)5)14-8(9)2/h7,10H,6,13H2,1-5H3. The van der Waals surface area contributed by atoms with Crippen molar-refractivity contribution in [1.82, 2.24) is 0 Å². The van der Waals surface area contributed by atoms with Gasteiger partial charge in [0.25, 0.3) is 0 Å². The maximum atomic E-state index is 5.99. The van der Waals surface area contributed by atoms with Crippen LogP contribution in [-0.2, 0) is 5.41 Å². The summed E-state index contributed by atoms with van der Waals surface area (Å²) in [5.74, 6) is 1.98. The Labute approximate surface area is 86.5 Å². The molecule has 0 aliphatic carbocycles. The molecule has 80 valence electrons. The van der Waals surface area contributed by atoms with Crippen LogP contribution in [0.5, 0.6) is 0 Å². The zero-order valence-electron chi connectivity index (χ0n) is 9.85. The maximum absolute atomic E-state index is 5.99. The third-order valence-corrected chi connectivity index (χ3v) is 2.53. The van der Waals surface area contributed by atoms with E-state index >= 15 is 0 Å². The highest BCUT2D eigenvalue weighted by Gasteiger charge is 2.21. The van der Waals surface area contributed by atoms with Crippen molar-refractivity contribution < 1.29 is 4.42 Å². The molecular formula is C12H21NO. The lowest BCUT2D eigenvalue weighted by Crippen LogP contribution is -2.10. The predicted octanol–water partition coefficient (Wildman–Crippen LogP) is 3.30. The van der Waals surface area contributed by atoms with Crippen LogP contribution >= 0.6 is 0 Å². The lowest BCUT2D eigenvalue weighted by molar-refractivity contribution is 0.394. The van der Waals surface area contributed by atoms with Gasteiger partial charge in [-0.05, 0) is 19.4 Å². The van der Waals surface area contributed by atoms with Gasteiger partial charge in [0.2, 0.25) is 0 Å². The van der Waals surface area contributed by atoms with E-state index < -0.39 is 0 Å². The molecule has 0 saturated carbocycles. The molecule has 1 aromatic heterocycles. The summed E-state index contributed by atoms with van der Waals surface area (Å²) >= 11 is 0. The van der Waals surface area contributed by atoms with Gasteiger partial charge in [0, 0.05) is 17.0 Å². The van der Waals surface area contributed by atoms with E-state index in [9.17, 15) is 0 Å². The molecule has 0 aliphatic heterocycles. The van der Waals surface area contributed by atoms with Crippen molar-refractivity contribution in [1.29, 1.82) is 0 Å². The number of aryl methyl sites for hydroxylation is 1. The summed E-state index contributed by atoms with van der Waals surface area (Å²) in [6, 6.07) is 2.21. The fourth-order valence-electron chi connectivity index (χ4n) is 1.45. The molecule has 0 aromatic carbocycles. The van der Waals surface area contributed by atoms with E-state index in [0.717, 1.165) is 23.5 Å². The Kier molecular flexibility index (Phi) is 3.05. The van der Waals surface area contributed by atoms with E-state index in [0.29, 0.717) is 0 Å². The van der Waals surface area contributed by atoms with Crippen LogP contribution in [0.2, 0.25) is 0 Å². The highest BCUT2D eigenvalue weighted by atomic mass is 16.3. The van der Waals surface area contributed by atoms with E-state index in [1.807, 2.05) is 6.92 Å². The first-order valence-electron chi connectivity index (χ1n) is 5.22. The van der Waals surface area contributed by atoms with Crippen molar-refractivity contribution >= 4 is 0 Å². The molecular weight excluding hydrogens is 174 g/mol. The first-order valence-corrected chi connectivity index (χ1v) is 5.22. The first kappa shape index (κ1) is 11.3. The largest absolute Gasteiger partial charge is 0.465 e. The summed E-state index contributed by atoms with van der Waals surface area (Å²) in [4.78, 5) is 0. The molecule has 0 amide bonds. The molecule has 0 aliphatic rings. The van der Waals surface area contributed by atoms with Crippen molar-refractivity contribution in [2.45, 2.75) is 52.5 Å². The Hall–Kier alpha value is -0.760. The molecule has 0 radical (unpaired) electrons. The van der Waals surface area contributed by atoms with Crippen molar-refractivity contribution in [3.63, 3.8) is 0 Å². The molecule has 2 heteroatoms. The van der Waals surface area contributed by atoms with Gasteiger partial charge in [-0.25, -0.2) is 0 Å². The van der Waals surface area contributed by atoms with Crippen molar-refractivity contribution in [2.24, 2.45) is 5.73 Å². The topological polar surface area (TPSA) is 39.2 Å². The molecule has 0 saturated heterocycles. The molecule has 0 bridgehead atoms. The Balaban J connectivity index is 3.05. The normalized spacial score (nSPS) is 14.4. The van der Waals surface area contributed by atoms with Gasteiger partial charge in [-0.3, -0.25) is 0 Å². The van der Waals surface area contributed by atoms with Gasteiger partial charge in [0.1, 0.15) is 11.5 Å². The van der Waals surface area contributed by atoms with Crippen LogP contribution in [0.3, 0.4) is 0 Å². The van der Waals surface area contributed by atoms with Gasteiger partial charge >= 0.3 is 0 Å². The van der Waals surface area contributed by atoms with Crippen LogP contribution < -0.4 is 5.73 Å². The highest BCUT2D eigenvalue weighted by molar-refractivity contribution is 5.27. The molecule has 2 nitrogen and oxygen atoms in total. The zero-order chi connectivity index (χ0) is 10.9. The van der Waals surface area contributed by atoms with Crippen LogP contribution in [0.1, 0.15) is 57.2 Å². The van der Waals surface area contributed by atoms with Gasteiger partial charge in [0.05, 0.1) is 0 Å². The van der Waals surface area contributed by atoms with Gasteiger partial charge in [-0.15, -0.1) is 0 Å². The minimum absolute atomic E-state index is 0.0659. The highest BCUT2D eigenvalue weighted by Crippen LogP contribution is 2.30. The zero-order valence-corrected chi connectivity index (χ0v) is 9.85. The number of rotatable bonds is 2. The SMILES string of the molecule is CCC(N)c1cc(C(C)(C)C)oc1C. The summed E-state index contributed by atoms with van der Waals surface area (Å²) in [6.45, 7) is 10.5. The fraction of sp³-hybridized carbons (Fsp3) is 0.667. The average Bonchev–Trinajstić information content (AvgIpc) is 2.45. The predicted molar refractivity (Wildman–Crippen MR) is 59.4 cm³/mol. The first-order chi connectivity index (χ1) is 6.36. The van der Waals surface area contributed by atoms with Gasteiger partial charge in [-0.1, -0.05) is 27.7 Å². The average molecular weight is 195 g/mol. The van der Waals surface area contributed by atoms with Crippen molar-refractivity contribution in [3.05, 3.63) is 23.2 Å². The lowest BCUT2D eigenvalue weighted by atomic mass is 9.92. The number of hydrogen-bond acceptors (Lipinski definition) is 2. The van der Waals surface area contributed by atoms with E-state index in [2.05, 4.69) is 33.8 Å². The van der Waals surface area contributed by atoms with E-state index in [-0.39, 0.29) is 11.5 Å². The van der Waals surface area contributed by atoms with Gasteiger partial charge in [-0.2, -0.15) is 0 Å². The smallest absolute Gasteiger partial charge is 0.109 e. The van der Waals surface area contributed by atoms with Gasteiger partial charge in [0.15, 0.2) is 0 Å². The lowest BCUT2D eigenvalue weighted by Gasteiger charge is -2.13. The number of hydrogen-bond donors (Lipinski definition) is 1. The summed E-state index contributed by atoms with van der Waals surface area (Å²) in [6.07, 6.45) is 0.948. The second-order valence-corrected chi connectivity index (χ2v) is 4.89. The number of furan rings is 1. The van der Waals surface area contributed by atoms with Crippen LogP contribution in [-0.4, -0.2) is 0 Å². The van der Waals surface area contributed by atoms with Crippen LogP contribution in [0.15, 0.2) is 10.5 Å². The molecule has 1 heterocycles. The molecule has 1 unspecified atom stereocenters. The summed E-state index contributed by atoms with van der Waals surface area (Å²) < 4.78 is 5.72. The second kappa shape index (κ2) is 3.77. The summed E-state index contributed by atoms with van der Waals surface area (Å²) in [7, 11) is 0. The molecule has 1 atom stereocenters. The Morgan fingerprint density at radius 2 is 2.00 bits per heavy atom. The van der Waals surface area contributed by atoms with Crippen LogP contribution in [0.25, 0.3) is 0 Å². The fourth-order valence-corrected chi connectivity index (χ4v) is 1.45. The second-order valence-electron chi connectivity index (χ2n) is 4.89. The van der Waals surface area contributed by atoms with E-state index in [4.69, 9.17) is 10.2 Å². The van der Waals surface area contributed by atoms with E-state index in [1.54, 1.807) is 0 Å². The third-order valence-electron chi connectivity index (χ3n) is 2.53. The summed E-state index contributed by atoms with van der Waals surface area (Å²) in [5, 5.41) is 0. The monoisotopic (exact) mass is 195 g/mol. The minimum Gasteiger partial charge on any atom is -0.465 e. The molecule has 1 rings (SSSR count). The van der Waals surface area contributed by atoms with E-state index in [1.165, 1.54) is 0 Å². The minimum atomic E-state index is 0.0659. The van der Waals surface area contributed by atoms with Gasteiger partial charge < -0.3 is 10.2 Å². The molecule has 14 heavy (non-hydrogen) atoms. The Morgan fingerprint density at radius 1 is 1.43 bits per heavy atom. The Morgan fingerprint density at radius 3 is 2.36 bits per heavy atom. The van der Waals surface area contributed by atoms with Crippen LogP contribution in [0.4, 0.5) is 0 Å². The number of nitrogens with two attached hydrogens (primary N) is 1. The van der Waals surface area contributed by atoms with Crippen molar-refractivity contribution in [3.8, 4) is 0 Å². The summed E-state index contributed by atoms with van der Waals surface area (Å²) in [5.41, 5.74) is 7.21. The van der Waals surface area contributed by atoms with Crippen molar-refractivity contribution in [2.75, 3.05) is 0 Å².